The van der Waals surface area contributed by atoms with Gasteiger partial charge in [-0.25, -0.2) is 42.3 Å². The second kappa shape index (κ2) is 19.3. The Morgan fingerprint density at radius 2 is 1.17 bits per heavy atom. The molecule has 8 heterocycles. The van der Waals surface area contributed by atoms with Crippen molar-refractivity contribution in [3.05, 3.63) is 172 Å². The predicted molar refractivity (Wildman–Crippen MR) is 224 cm³/mol. The van der Waals surface area contributed by atoms with Gasteiger partial charge in [0.15, 0.2) is 0 Å². The molecule has 7 aromatic rings. The first-order chi connectivity index (χ1) is 29.1. The minimum absolute atomic E-state index is 0.139. The molecule has 60 heavy (non-hydrogen) atoms. The summed E-state index contributed by atoms with van der Waals surface area (Å²) in [4.78, 5) is 86.3. The van der Waals surface area contributed by atoms with Crippen LogP contribution in [-0.2, 0) is 24.4 Å². The van der Waals surface area contributed by atoms with Crippen molar-refractivity contribution in [3.63, 3.8) is 0 Å². The fraction of sp³-hybridized carbons (Fsp3) is 0.341. The van der Waals surface area contributed by atoms with Crippen molar-refractivity contribution in [2.24, 2.45) is 0 Å². The van der Waals surface area contributed by atoms with Gasteiger partial charge in [0.05, 0.1) is 12.7 Å². The molecule has 0 aliphatic carbocycles. The molecule has 1 N–H and O–H groups in total. The topological polar surface area (TPSA) is 192 Å². The second-order valence-corrected chi connectivity index (χ2v) is 15.1. The second-order valence-electron chi connectivity index (χ2n) is 14.3. The average molecular weight is 886 g/mol. The first-order valence-electron chi connectivity index (χ1n) is 19.5. The summed E-state index contributed by atoms with van der Waals surface area (Å²) in [6.07, 6.45) is 10.5. The van der Waals surface area contributed by atoms with Crippen molar-refractivity contribution in [3.8, 4) is 0 Å². The number of aromatic amines is 1. The number of nitrogens with zero attached hydrogens (tertiary/aromatic N) is 9. The van der Waals surface area contributed by atoms with Crippen LogP contribution in [-0.4, -0.2) is 77.2 Å². The van der Waals surface area contributed by atoms with Crippen LogP contribution in [0.5, 0.6) is 0 Å². The van der Waals surface area contributed by atoms with Gasteiger partial charge >= 0.3 is 34.1 Å². The Labute approximate surface area is 348 Å². The third kappa shape index (κ3) is 9.64. The summed E-state index contributed by atoms with van der Waals surface area (Å²) >= 11 is 3.26. The summed E-state index contributed by atoms with van der Waals surface area (Å²) in [5, 5.41) is 0.746. The van der Waals surface area contributed by atoms with Gasteiger partial charge in [-0.15, -0.1) is 0 Å². The number of alkyl halides is 1. The normalized spacial score (nSPS) is 17.3. The molecule has 2 bridgehead atoms. The maximum absolute atomic E-state index is 13.9. The van der Waals surface area contributed by atoms with Gasteiger partial charge in [-0.3, -0.25) is 23.1 Å². The Balaban J connectivity index is 0.000000160. The average Bonchev–Trinajstić information content (AvgIpc) is 3.48. The van der Waals surface area contributed by atoms with Gasteiger partial charge in [0.1, 0.15) is 22.8 Å². The minimum atomic E-state index is -0.619. The summed E-state index contributed by atoms with van der Waals surface area (Å²) in [5.41, 5.74) is -1.05. The van der Waals surface area contributed by atoms with Crippen LogP contribution in [0.15, 0.2) is 126 Å². The molecule has 2 atom stereocenters. The number of pyridine rings is 3. The summed E-state index contributed by atoms with van der Waals surface area (Å²) in [7, 11) is 0. The molecule has 0 saturated carbocycles. The molecule has 17 nitrogen and oxygen atoms in total. The number of fused-ring (bicyclic) bond motifs is 5. The monoisotopic (exact) mass is 884 g/mol. The molecule has 2 aliphatic rings. The molecule has 19 heteroatoms. The third-order valence-electron chi connectivity index (χ3n) is 10.5. The van der Waals surface area contributed by atoms with Crippen LogP contribution in [0.2, 0.25) is 0 Å². The van der Waals surface area contributed by atoms with Crippen molar-refractivity contribution in [1.29, 1.82) is 0 Å². The Bertz CT molecular complexity index is 2970. The minimum Gasteiger partial charge on any atom is -0.373 e. The van der Waals surface area contributed by atoms with E-state index in [1.54, 1.807) is 85.3 Å². The van der Waals surface area contributed by atoms with E-state index in [4.69, 9.17) is 4.74 Å². The number of H-pyrrole nitrogens is 1. The van der Waals surface area contributed by atoms with Gasteiger partial charge in [-0.2, -0.15) is 15.0 Å². The van der Waals surface area contributed by atoms with Gasteiger partial charge in [0, 0.05) is 61.2 Å². The highest BCUT2D eigenvalue weighted by atomic mass is 79.9. The molecule has 0 amide bonds. The van der Waals surface area contributed by atoms with Crippen molar-refractivity contribution >= 4 is 32.9 Å². The van der Waals surface area contributed by atoms with Crippen molar-refractivity contribution in [2.75, 3.05) is 11.9 Å². The standard InChI is InChI=1S/C24H27FN4O3.C10H10BrN3O2.C7H5N3O2/c25-21-7-2-1-6-17(21)16-32-20-14-18-9-10-19(15-20)27(18)12-5-13-29-23(30)26-22-8-3-4-11-28(22)24(29)31;11-5-3-7-14-9(15)12-8-4-1-2-6-13(8)10(14)16;11-6-8-5-3-1-2-4-10(5)7(12)9-6/h1-4,6-8,11,18-20H,5,9-10,12-16H2;1-2,4,6H,3,5,7H2;1-4H,(H,9,11,12). The van der Waals surface area contributed by atoms with Gasteiger partial charge < -0.3 is 4.74 Å². The SMILES string of the molecule is O=c1nc2ccccn2c(=O)[nH]1.O=c1nc2ccccn2c(=O)n1CCCBr.O=c1nc2ccccn2c(=O)n1CCCN1C2CCC1CC(OCc1ccccc1F)C2. The molecule has 1 aromatic carbocycles. The summed E-state index contributed by atoms with van der Waals surface area (Å²) in [5.74, 6) is -0.220. The predicted octanol–water partition coefficient (Wildman–Crippen LogP) is 2.62. The van der Waals surface area contributed by atoms with E-state index in [-0.39, 0.29) is 23.3 Å². The summed E-state index contributed by atoms with van der Waals surface area (Å²) in [6, 6.07) is 22.9. The zero-order chi connectivity index (χ0) is 42.2. The first kappa shape index (κ1) is 42.0. The largest absolute Gasteiger partial charge is 0.373 e. The number of hydrogen-bond donors (Lipinski definition) is 1. The van der Waals surface area contributed by atoms with Crippen LogP contribution in [0, 0.1) is 5.82 Å². The fourth-order valence-corrected chi connectivity index (χ4v) is 7.91. The van der Waals surface area contributed by atoms with E-state index in [0.717, 1.165) is 48.5 Å². The Morgan fingerprint density at radius 1 is 0.650 bits per heavy atom. The summed E-state index contributed by atoms with van der Waals surface area (Å²) in [6.45, 7) is 1.87. The highest BCUT2D eigenvalue weighted by Gasteiger charge is 2.40. The summed E-state index contributed by atoms with van der Waals surface area (Å²) < 4.78 is 26.3. The zero-order valence-electron chi connectivity index (χ0n) is 32.4. The van der Waals surface area contributed by atoms with Gasteiger partial charge in [-0.1, -0.05) is 52.3 Å². The lowest BCUT2D eigenvalue weighted by Crippen LogP contribution is -2.46. The molecule has 2 aliphatic heterocycles. The fourth-order valence-electron chi connectivity index (χ4n) is 7.66. The molecule has 0 radical (unpaired) electrons. The molecule has 0 spiro atoms. The smallest absolute Gasteiger partial charge is 0.353 e. The van der Waals surface area contributed by atoms with E-state index in [1.165, 1.54) is 23.8 Å². The number of hydrogen-bond acceptors (Lipinski definition) is 11. The number of piperidine rings is 1. The lowest BCUT2D eigenvalue weighted by atomic mass is 9.99. The lowest BCUT2D eigenvalue weighted by Gasteiger charge is -2.38. The van der Waals surface area contributed by atoms with E-state index in [0.29, 0.717) is 60.7 Å². The van der Waals surface area contributed by atoms with Gasteiger partial charge in [-0.05, 0) is 81.0 Å². The van der Waals surface area contributed by atoms with Crippen LogP contribution < -0.4 is 34.1 Å². The van der Waals surface area contributed by atoms with E-state index in [9.17, 15) is 33.2 Å². The number of halogens is 2. The van der Waals surface area contributed by atoms with E-state index < -0.39 is 22.8 Å². The van der Waals surface area contributed by atoms with Gasteiger partial charge in [0.2, 0.25) is 0 Å². The van der Waals surface area contributed by atoms with Crippen molar-refractivity contribution < 1.29 is 9.13 Å². The van der Waals surface area contributed by atoms with Crippen LogP contribution in [0.25, 0.3) is 16.9 Å². The van der Waals surface area contributed by atoms with Crippen LogP contribution >= 0.6 is 15.9 Å². The number of ether oxygens (including phenoxy) is 1. The molecule has 6 aromatic heterocycles. The van der Waals surface area contributed by atoms with E-state index in [1.807, 2.05) is 6.07 Å². The Kier molecular flexibility index (Phi) is 13.5. The molecular weight excluding hydrogens is 843 g/mol. The van der Waals surface area contributed by atoms with Crippen molar-refractivity contribution in [1.82, 2.24) is 47.2 Å². The highest BCUT2D eigenvalue weighted by Crippen LogP contribution is 2.37. The van der Waals surface area contributed by atoms with Crippen LogP contribution in [0.1, 0.15) is 44.1 Å². The molecule has 9 rings (SSSR count). The zero-order valence-corrected chi connectivity index (χ0v) is 34.0. The van der Waals surface area contributed by atoms with Crippen LogP contribution in [0.4, 0.5) is 4.39 Å². The Morgan fingerprint density at radius 3 is 1.73 bits per heavy atom. The maximum atomic E-state index is 13.9. The van der Waals surface area contributed by atoms with Crippen LogP contribution in [0.3, 0.4) is 0 Å². The Hall–Kier alpha value is -6.18. The number of nitrogens with one attached hydrogen (secondary N) is 1. The molecule has 312 valence electrons. The lowest BCUT2D eigenvalue weighted by molar-refractivity contribution is -0.0293. The first-order valence-corrected chi connectivity index (χ1v) is 20.6. The number of aromatic nitrogens is 9. The van der Waals surface area contributed by atoms with Crippen molar-refractivity contribution in [2.45, 2.75) is 76.4 Å². The molecule has 2 unspecified atom stereocenters. The van der Waals surface area contributed by atoms with Gasteiger partial charge in [0.25, 0.3) is 0 Å². The molecule has 2 fully saturated rings. The number of rotatable bonds is 10. The van der Waals surface area contributed by atoms with E-state index in [2.05, 4.69) is 40.8 Å². The third-order valence-corrected chi connectivity index (χ3v) is 11.1. The number of benzene rings is 1. The highest BCUT2D eigenvalue weighted by molar-refractivity contribution is 9.09. The molecule has 2 saturated heterocycles. The van der Waals surface area contributed by atoms with E-state index >= 15 is 0 Å². The quantitative estimate of drug-likeness (QED) is 0.199. The maximum Gasteiger partial charge on any atom is 0.353 e. The molecular formula is C41H42BrFN10O7.